The highest BCUT2D eigenvalue weighted by Gasteiger charge is 2.21. The molecule has 0 aliphatic carbocycles. The molecule has 0 aromatic carbocycles. The zero-order valence-corrected chi connectivity index (χ0v) is 11.9. The molecule has 0 aromatic heterocycles. The maximum Gasteiger partial charge on any atom is 0.234 e. The number of likely N-dealkylation sites (N-methyl/N-ethyl adjacent to an activating group) is 1. The van der Waals surface area contributed by atoms with E-state index in [4.69, 9.17) is 9.47 Å². The average molecular weight is 270 g/mol. The Morgan fingerprint density at radius 2 is 2.26 bits per heavy atom. The van der Waals surface area contributed by atoms with E-state index in [-0.39, 0.29) is 12.0 Å². The zero-order valence-electron chi connectivity index (χ0n) is 11.9. The molecule has 2 aliphatic heterocycles. The monoisotopic (exact) mass is 270 g/mol. The van der Waals surface area contributed by atoms with Gasteiger partial charge in [-0.15, -0.1) is 0 Å². The van der Waals surface area contributed by atoms with Crippen molar-refractivity contribution in [2.24, 2.45) is 5.92 Å². The highest BCUT2D eigenvalue weighted by Crippen LogP contribution is 2.14. The molecule has 0 radical (unpaired) electrons. The van der Waals surface area contributed by atoms with Gasteiger partial charge in [0.05, 0.1) is 19.3 Å². The van der Waals surface area contributed by atoms with Gasteiger partial charge in [-0.1, -0.05) is 6.92 Å². The fourth-order valence-corrected chi connectivity index (χ4v) is 2.69. The number of hydrogen-bond donors (Lipinski definition) is 1. The summed E-state index contributed by atoms with van der Waals surface area (Å²) in [6, 6.07) is 0. The van der Waals surface area contributed by atoms with Crippen molar-refractivity contribution in [2.45, 2.75) is 32.3 Å². The summed E-state index contributed by atoms with van der Waals surface area (Å²) in [5, 5.41) is 2.98. The van der Waals surface area contributed by atoms with Crippen molar-refractivity contribution in [3.8, 4) is 0 Å². The first-order valence-corrected chi connectivity index (χ1v) is 7.46. The Hall–Kier alpha value is -0.650. The quantitative estimate of drug-likeness (QED) is 0.737. The molecule has 2 rings (SSSR count). The third-order valence-electron chi connectivity index (χ3n) is 3.91. The van der Waals surface area contributed by atoms with Crippen LogP contribution in [-0.2, 0) is 14.3 Å². The summed E-state index contributed by atoms with van der Waals surface area (Å²) in [6.45, 7) is 7.66. The molecule has 0 saturated carbocycles. The Labute approximate surface area is 115 Å². The van der Waals surface area contributed by atoms with Crippen LogP contribution in [0.15, 0.2) is 0 Å². The van der Waals surface area contributed by atoms with Gasteiger partial charge in [-0.25, -0.2) is 0 Å². The summed E-state index contributed by atoms with van der Waals surface area (Å²) >= 11 is 0. The van der Waals surface area contributed by atoms with Crippen LogP contribution in [0.1, 0.15) is 26.2 Å². The molecule has 5 nitrogen and oxygen atoms in total. The summed E-state index contributed by atoms with van der Waals surface area (Å²) < 4.78 is 10.9. The van der Waals surface area contributed by atoms with Crippen LogP contribution in [0.4, 0.5) is 0 Å². The largest absolute Gasteiger partial charge is 0.381 e. The van der Waals surface area contributed by atoms with Gasteiger partial charge in [0.25, 0.3) is 0 Å². The standard InChI is InChI=1S/C14H26N2O3/c1-2-16(9-12-5-7-18-11-12)10-14(17)15-8-13-4-3-6-19-13/h12-13H,2-11H2,1H3,(H,15,17). The van der Waals surface area contributed by atoms with Gasteiger partial charge >= 0.3 is 0 Å². The van der Waals surface area contributed by atoms with Crippen molar-refractivity contribution in [3.63, 3.8) is 0 Å². The lowest BCUT2D eigenvalue weighted by atomic mass is 10.1. The lowest BCUT2D eigenvalue weighted by molar-refractivity contribution is -0.122. The molecule has 1 N–H and O–H groups in total. The van der Waals surface area contributed by atoms with Gasteiger partial charge in [0.15, 0.2) is 0 Å². The maximum absolute atomic E-state index is 11.9. The normalized spacial score (nSPS) is 27.1. The molecule has 2 fully saturated rings. The van der Waals surface area contributed by atoms with Crippen LogP contribution < -0.4 is 5.32 Å². The Morgan fingerprint density at radius 3 is 2.89 bits per heavy atom. The van der Waals surface area contributed by atoms with Crippen molar-refractivity contribution >= 4 is 5.91 Å². The van der Waals surface area contributed by atoms with Gasteiger partial charge < -0.3 is 14.8 Å². The van der Waals surface area contributed by atoms with Crippen LogP contribution in [0.5, 0.6) is 0 Å². The Morgan fingerprint density at radius 1 is 1.37 bits per heavy atom. The lowest BCUT2D eigenvalue weighted by Gasteiger charge is -2.23. The molecule has 0 spiro atoms. The van der Waals surface area contributed by atoms with Gasteiger partial charge in [-0.05, 0) is 31.7 Å². The molecule has 19 heavy (non-hydrogen) atoms. The molecule has 5 heteroatoms. The van der Waals surface area contributed by atoms with Gasteiger partial charge in [0.1, 0.15) is 0 Å². The van der Waals surface area contributed by atoms with Crippen molar-refractivity contribution in [2.75, 3.05) is 46.0 Å². The topological polar surface area (TPSA) is 50.8 Å². The molecular formula is C14H26N2O3. The lowest BCUT2D eigenvalue weighted by Crippen LogP contribution is -2.41. The fourth-order valence-electron chi connectivity index (χ4n) is 2.69. The van der Waals surface area contributed by atoms with E-state index in [0.717, 1.165) is 52.2 Å². The van der Waals surface area contributed by atoms with Crippen LogP contribution in [0.25, 0.3) is 0 Å². The average Bonchev–Trinajstić information content (AvgIpc) is 3.08. The molecule has 2 unspecified atom stereocenters. The second kappa shape index (κ2) is 7.82. The molecule has 1 amide bonds. The summed E-state index contributed by atoms with van der Waals surface area (Å²) in [6.07, 6.45) is 3.52. The third kappa shape index (κ3) is 5.09. The van der Waals surface area contributed by atoms with E-state index in [1.807, 2.05) is 0 Å². The number of hydrogen-bond acceptors (Lipinski definition) is 4. The molecule has 2 heterocycles. The number of rotatable bonds is 7. The predicted octanol–water partition coefficient (Wildman–Crippen LogP) is 0.640. The minimum absolute atomic E-state index is 0.108. The van der Waals surface area contributed by atoms with Crippen molar-refractivity contribution < 1.29 is 14.3 Å². The molecule has 0 aromatic rings. The molecule has 2 saturated heterocycles. The van der Waals surface area contributed by atoms with E-state index >= 15 is 0 Å². The minimum Gasteiger partial charge on any atom is -0.381 e. The van der Waals surface area contributed by atoms with E-state index in [2.05, 4.69) is 17.1 Å². The molecule has 0 bridgehead atoms. The number of carbonyl (C=O) groups is 1. The SMILES string of the molecule is CCN(CC(=O)NCC1CCCO1)CC1CCOC1. The smallest absolute Gasteiger partial charge is 0.234 e. The van der Waals surface area contributed by atoms with Crippen molar-refractivity contribution in [1.29, 1.82) is 0 Å². The predicted molar refractivity (Wildman–Crippen MR) is 73.0 cm³/mol. The number of ether oxygens (including phenoxy) is 2. The molecule has 2 aliphatic rings. The van der Waals surface area contributed by atoms with E-state index in [1.54, 1.807) is 0 Å². The Balaban J connectivity index is 1.63. The zero-order chi connectivity index (χ0) is 13.5. The van der Waals surface area contributed by atoms with Crippen LogP contribution in [0, 0.1) is 5.92 Å². The number of nitrogens with zero attached hydrogens (tertiary/aromatic N) is 1. The van der Waals surface area contributed by atoms with Crippen molar-refractivity contribution in [3.05, 3.63) is 0 Å². The summed E-state index contributed by atoms with van der Waals surface area (Å²) in [4.78, 5) is 14.1. The molecule has 2 atom stereocenters. The first-order chi connectivity index (χ1) is 9.28. The summed E-state index contributed by atoms with van der Waals surface area (Å²) in [5.74, 6) is 0.696. The van der Waals surface area contributed by atoms with E-state index in [0.29, 0.717) is 19.0 Å². The highest BCUT2D eigenvalue weighted by molar-refractivity contribution is 5.78. The van der Waals surface area contributed by atoms with Crippen LogP contribution in [-0.4, -0.2) is 62.9 Å². The number of carbonyl (C=O) groups excluding carboxylic acids is 1. The van der Waals surface area contributed by atoms with Gasteiger partial charge in [0, 0.05) is 26.3 Å². The minimum atomic E-state index is 0.108. The van der Waals surface area contributed by atoms with Crippen LogP contribution >= 0.6 is 0 Å². The Bertz CT molecular complexity index is 274. The van der Waals surface area contributed by atoms with Crippen molar-refractivity contribution in [1.82, 2.24) is 10.2 Å². The van der Waals surface area contributed by atoms with E-state index < -0.39 is 0 Å². The maximum atomic E-state index is 11.9. The second-order valence-corrected chi connectivity index (χ2v) is 5.50. The summed E-state index contributed by atoms with van der Waals surface area (Å²) in [5.41, 5.74) is 0. The van der Waals surface area contributed by atoms with Gasteiger partial charge in [-0.2, -0.15) is 0 Å². The van der Waals surface area contributed by atoms with Crippen LogP contribution in [0.3, 0.4) is 0 Å². The number of nitrogens with one attached hydrogen (secondary N) is 1. The molecule has 110 valence electrons. The summed E-state index contributed by atoms with van der Waals surface area (Å²) in [7, 11) is 0. The molecular weight excluding hydrogens is 244 g/mol. The highest BCUT2D eigenvalue weighted by atomic mass is 16.5. The van der Waals surface area contributed by atoms with Crippen LogP contribution in [0.2, 0.25) is 0 Å². The third-order valence-corrected chi connectivity index (χ3v) is 3.91. The second-order valence-electron chi connectivity index (χ2n) is 5.50. The van der Waals surface area contributed by atoms with Gasteiger partial charge in [0.2, 0.25) is 5.91 Å². The first kappa shape index (κ1) is 14.8. The Kier molecular flexibility index (Phi) is 6.07. The van der Waals surface area contributed by atoms with E-state index in [1.165, 1.54) is 0 Å². The van der Waals surface area contributed by atoms with Gasteiger partial charge in [-0.3, -0.25) is 9.69 Å². The number of amides is 1. The first-order valence-electron chi connectivity index (χ1n) is 7.46. The fraction of sp³-hybridized carbons (Fsp3) is 0.929. The van der Waals surface area contributed by atoms with E-state index in [9.17, 15) is 4.79 Å².